The fourth-order valence-electron chi connectivity index (χ4n) is 3.42. The predicted octanol–water partition coefficient (Wildman–Crippen LogP) is 2.63. The van der Waals surface area contributed by atoms with Crippen LogP contribution in [0.25, 0.3) is 16.8 Å². The Morgan fingerprint density at radius 2 is 2.12 bits per heavy atom. The molecule has 0 unspecified atom stereocenters. The number of fused-ring (bicyclic) bond motifs is 1. The molecule has 0 aliphatic carbocycles. The molecule has 0 bridgehead atoms. The summed E-state index contributed by atoms with van der Waals surface area (Å²) < 4.78 is 12.9. The number of benzene rings is 1. The Balaban J connectivity index is 1.48. The number of nitrogens with zero attached hydrogens (tertiary/aromatic N) is 4. The smallest absolute Gasteiger partial charge is 0.162 e. The lowest BCUT2D eigenvalue weighted by Gasteiger charge is -2.32. The summed E-state index contributed by atoms with van der Waals surface area (Å²) in [7, 11) is 1.73. The van der Waals surface area contributed by atoms with Gasteiger partial charge in [0.15, 0.2) is 5.65 Å². The maximum absolute atomic E-state index is 5.82. The molecule has 0 spiro atoms. The normalized spacial score (nSPS) is 18.4. The minimum absolute atomic E-state index is 0.245. The Bertz CT molecular complexity index is 849. The molecule has 1 aliphatic heterocycles. The molecule has 4 rings (SSSR count). The standard InChI is InChI=1S/C20H24N4O2/c1-25-9-7-18-15-23(8-10-26-18)13-16-11-21-20-19(12-22-24(20)14-16)17-5-3-2-4-6-17/h2-6,11-12,14,18H,7-10,13,15H2,1H3/t18-/m1/s1. The zero-order valence-corrected chi connectivity index (χ0v) is 15.0. The number of hydrogen-bond donors (Lipinski definition) is 0. The number of morpholine rings is 1. The van der Waals surface area contributed by atoms with Gasteiger partial charge < -0.3 is 9.47 Å². The summed E-state index contributed by atoms with van der Waals surface area (Å²) in [6.07, 6.45) is 7.10. The predicted molar refractivity (Wildman–Crippen MR) is 99.9 cm³/mol. The van der Waals surface area contributed by atoms with E-state index in [2.05, 4.69) is 33.3 Å². The molecular weight excluding hydrogens is 328 g/mol. The van der Waals surface area contributed by atoms with Crippen molar-refractivity contribution in [2.45, 2.75) is 19.1 Å². The number of rotatable bonds is 6. The highest BCUT2D eigenvalue weighted by Gasteiger charge is 2.20. The lowest BCUT2D eigenvalue weighted by molar-refractivity contribution is -0.0433. The second kappa shape index (κ2) is 7.95. The molecule has 1 fully saturated rings. The summed E-state index contributed by atoms with van der Waals surface area (Å²) in [5.41, 5.74) is 4.24. The molecule has 1 atom stereocenters. The van der Waals surface area contributed by atoms with Crippen LogP contribution in [-0.4, -0.2) is 59.0 Å². The van der Waals surface area contributed by atoms with E-state index in [9.17, 15) is 0 Å². The summed E-state index contributed by atoms with van der Waals surface area (Å²) in [5, 5.41) is 4.50. The Kier molecular flexibility index (Phi) is 5.24. The highest BCUT2D eigenvalue weighted by Crippen LogP contribution is 2.23. The van der Waals surface area contributed by atoms with Gasteiger partial charge in [-0.1, -0.05) is 30.3 Å². The molecule has 1 saturated heterocycles. The maximum atomic E-state index is 5.82. The van der Waals surface area contributed by atoms with Crippen LogP contribution in [0.1, 0.15) is 12.0 Å². The van der Waals surface area contributed by atoms with E-state index in [1.54, 1.807) is 7.11 Å². The molecular formula is C20H24N4O2. The lowest BCUT2D eigenvalue weighted by Crippen LogP contribution is -2.42. The molecule has 0 amide bonds. The molecule has 3 heterocycles. The van der Waals surface area contributed by atoms with Crippen LogP contribution in [0.3, 0.4) is 0 Å². The van der Waals surface area contributed by atoms with E-state index in [1.165, 1.54) is 0 Å². The molecule has 136 valence electrons. The van der Waals surface area contributed by atoms with Crippen molar-refractivity contribution < 1.29 is 9.47 Å². The van der Waals surface area contributed by atoms with Crippen LogP contribution in [0, 0.1) is 0 Å². The van der Waals surface area contributed by atoms with Gasteiger partial charge >= 0.3 is 0 Å². The Hall–Kier alpha value is -2.28. The average molecular weight is 352 g/mol. The summed E-state index contributed by atoms with van der Waals surface area (Å²) >= 11 is 0. The van der Waals surface area contributed by atoms with E-state index in [-0.39, 0.29) is 6.10 Å². The van der Waals surface area contributed by atoms with Crippen molar-refractivity contribution in [1.29, 1.82) is 0 Å². The van der Waals surface area contributed by atoms with E-state index in [4.69, 9.17) is 9.47 Å². The molecule has 0 N–H and O–H groups in total. The molecule has 1 aromatic carbocycles. The minimum Gasteiger partial charge on any atom is -0.385 e. The molecule has 0 saturated carbocycles. The summed E-state index contributed by atoms with van der Waals surface area (Å²) in [5.74, 6) is 0. The maximum Gasteiger partial charge on any atom is 0.162 e. The Morgan fingerprint density at radius 1 is 1.23 bits per heavy atom. The quantitative estimate of drug-likeness (QED) is 0.683. The first-order valence-electron chi connectivity index (χ1n) is 9.04. The Labute approximate surface area is 153 Å². The lowest BCUT2D eigenvalue weighted by atomic mass is 10.1. The van der Waals surface area contributed by atoms with Crippen molar-refractivity contribution in [3.05, 3.63) is 54.5 Å². The third kappa shape index (κ3) is 3.77. The Morgan fingerprint density at radius 3 is 2.96 bits per heavy atom. The van der Waals surface area contributed by atoms with Crippen molar-refractivity contribution in [2.24, 2.45) is 0 Å². The van der Waals surface area contributed by atoms with Gasteiger partial charge in [0, 0.05) is 56.9 Å². The largest absolute Gasteiger partial charge is 0.385 e. The number of aromatic nitrogens is 3. The van der Waals surface area contributed by atoms with Gasteiger partial charge in [-0.15, -0.1) is 0 Å². The molecule has 26 heavy (non-hydrogen) atoms. The van der Waals surface area contributed by atoms with Crippen molar-refractivity contribution in [3.8, 4) is 11.1 Å². The first-order chi connectivity index (χ1) is 12.8. The molecule has 6 heteroatoms. The van der Waals surface area contributed by atoms with Gasteiger partial charge in [-0.2, -0.15) is 5.10 Å². The van der Waals surface area contributed by atoms with Crippen molar-refractivity contribution in [2.75, 3.05) is 33.4 Å². The first-order valence-corrected chi connectivity index (χ1v) is 9.04. The topological polar surface area (TPSA) is 51.9 Å². The summed E-state index contributed by atoms with van der Waals surface area (Å²) in [6.45, 7) is 4.23. The van der Waals surface area contributed by atoms with Crippen LogP contribution in [0.2, 0.25) is 0 Å². The summed E-state index contributed by atoms with van der Waals surface area (Å²) in [6, 6.07) is 10.3. The van der Waals surface area contributed by atoms with Gasteiger partial charge in [-0.05, 0) is 12.0 Å². The van der Waals surface area contributed by atoms with Crippen LogP contribution < -0.4 is 0 Å². The second-order valence-corrected chi connectivity index (χ2v) is 6.66. The number of ether oxygens (including phenoxy) is 2. The van der Waals surface area contributed by atoms with Gasteiger partial charge in [-0.3, -0.25) is 4.90 Å². The van der Waals surface area contributed by atoms with Gasteiger partial charge in [0.25, 0.3) is 0 Å². The van der Waals surface area contributed by atoms with Gasteiger partial charge in [0.1, 0.15) is 0 Å². The number of hydrogen-bond acceptors (Lipinski definition) is 5. The van der Waals surface area contributed by atoms with Crippen LogP contribution in [-0.2, 0) is 16.0 Å². The van der Waals surface area contributed by atoms with Gasteiger partial charge in [0.2, 0.25) is 0 Å². The van der Waals surface area contributed by atoms with Crippen molar-refractivity contribution in [3.63, 3.8) is 0 Å². The zero-order valence-electron chi connectivity index (χ0n) is 15.0. The second-order valence-electron chi connectivity index (χ2n) is 6.66. The van der Waals surface area contributed by atoms with Gasteiger partial charge in [-0.25, -0.2) is 9.50 Å². The van der Waals surface area contributed by atoms with Crippen molar-refractivity contribution >= 4 is 5.65 Å². The van der Waals surface area contributed by atoms with E-state index in [1.807, 2.05) is 35.1 Å². The fraction of sp³-hybridized carbons (Fsp3) is 0.400. The van der Waals surface area contributed by atoms with Crippen LogP contribution in [0.5, 0.6) is 0 Å². The molecule has 6 nitrogen and oxygen atoms in total. The van der Waals surface area contributed by atoms with Gasteiger partial charge in [0.05, 0.1) is 18.9 Å². The van der Waals surface area contributed by atoms with Crippen LogP contribution in [0.4, 0.5) is 0 Å². The van der Waals surface area contributed by atoms with E-state index < -0.39 is 0 Å². The van der Waals surface area contributed by atoms with Crippen LogP contribution in [0.15, 0.2) is 48.9 Å². The van der Waals surface area contributed by atoms with E-state index >= 15 is 0 Å². The third-order valence-electron chi connectivity index (χ3n) is 4.77. The number of methoxy groups -OCH3 is 1. The fourth-order valence-corrected chi connectivity index (χ4v) is 3.42. The SMILES string of the molecule is COCC[C@@H]1CN(Cc2cnc3c(-c4ccccc4)cnn3c2)CCO1. The van der Waals surface area contributed by atoms with E-state index in [0.717, 1.165) is 61.6 Å². The highest BCUT2D eigenvalue weighted by molar-refractivity contribution is 5.76. The summed E-state index contributed by atoms with van der Waals surface area (Å²) in [4.78, 5) is 7.09. The minimum atomic E-state index is 0.245. The zero-order chi connectivity index (χ0) is 17.8. The molecule has 0 radical (unpaired) electrons. The average Bonchev–Trinajstić information content (AvgIpc) is 3.10. The molecule has 2 aromatic heterocycles. The monoisotopic (exact) mass is 352 g/mol. The molecule has 3 aromatic rings. The third-order valence-corrected chi connectivity index (χ3v) is 4.77. The highest BCUT2D eigenvalue weighted by atomic mass is 16.5. The van der Waals surface area contributed by atoms with E-state index in [0.29, 0.717) is 0 Å². The first kappa shape index (κ1) is 17.1. The van der Waals surface area contributed by atoms with Crippen LogP contribution >= 0.6 is 0 Å². The van der Waals surface area contributed by atoms with Crippen molar-refractivity contribution in [1.82, 2.24) is 19.5 Å². The molecule has 1 aliphatic rings.